The average Bonchev–Trinajstić information content (AvgIpc) is 3.17. The summed E-state index contributed by atoms with van der Waals surface area (Å²) in [6.07, 6.45) is -2.82. The summed E-state index contributed by atoms with van der Waals surface area (Å²) in [6.45, 7) is -0.194. The third-order valence-electron chi connectivity index (χ3n) is 4.34. The molecule has 29 heavy (non-hydrogen) atoms. The van der Waals surface area contributed by atoms with E-state index in [1.54, 1.807) is 0 Å². The topological polar surface area (TPSA) is 68.0 Å². The van der Waals surface area contributed by atoms with Crippen LogP contribution in [0.4, 0.5) is 13.2 Å². The summed E-state index contributed by atoms with van der Waals surface area (Å²) in [5.74, 6) is 0.438. The van der Waals surface area contributed by atoms with Gasteiger partial charge in [-0.25, -0.2) is 0 Å². The number of alkyl halides is 3. The minimum atomic E-state index is -4.46. The number of halogens is 3. The molecule has 1 amide bonds. The molecule has 5 nitrogen and oxygen atoms in total. The van der Waals surface area contributed by atoms with Crippen molar-refractivity contribution in [3.63, 3.8) is 0 Å². The molecule has 0 spiro atoms. The number of nitrogens with one attached hydrogen (secondary N) is 1. The van der Waals surface area contributed by atoms with Gasteiger partial charge in [0.15, 0.2) is 0 Å². The van der Waals surface area contributed by atoms with Gasteiger partial charge in [0.05, 0.1) is 5.56 Å². The predicted octanol–water partition coefficient (Wildman–Crippen LogP) is 4.12. The maximum Gasteiger partial charge on any atom is 0.416 e. The third kappa shape index (κ3) is 6.17. The van der Waals surface area contributed by atoms with E-state index in [9.17, 15) is 18.0 Å². The summed E-state index contributed by atoms with van der Waals surface area (Å²) in [5, 5.41) is 10.4. The fourth-order valence-electron chi connectivity index (χ4n) is 2.84. The van der Waals surface area contributed by atoms with E-state index in [-0.39, 0.29) is 30.9 Å². The molecule has 1 N–H and O–H groups in total. The highest BCUT2D eigenvalue weighted by molar-refractivity contribution is 5.76. The Hall–Kier alpha value is -3.16. The van der Waals surface area contributed by atoms with Gasteiger partial charge in [0.1, 0.15) is 0 Å². The molecule has 0 fully saturated rings. The van der Waals surface area contributed by atoms with Crippen molar-refractivity contribution in [1.82, 2.24) is 15.5 Å². The van der Waals surface area contributed by atoms with Crippen LogP contribution < -0.4 is 5.32 Å². The van der Waals surface area contributed by atoms with Crippen LogP contribution >= 0.6 is 0 Å². The van der Waals surface area contributed by atoms with Crippen LogP contribution in [0.5, 0.6) is 0 Å². The largest absolute Gasteiger partial charge is 0.425 e. The Morgan fingerprint density at radius 2 is 1.55 bits per heavy atom. The zero-order valence-electron chi connectivity index (χ0n) is 15.6. The Labute approximate surface area is 166 Å². The Bertz CT molecular complexity index is 940. The highest BCUT2D eigenvalue weighted by atomic mass is 19.4. The number of amides is 1. The van der Waals surface area contributed by atoms with E-state index in [4.69, 9.17) is 4.42 Å². The lowest BCUT2D eigenvalue weighted by molar-refractivity contribution is -0.138. The number of hydrogen-bond donors (Lipinski definition) is 1. The number of aromatic nitrogens is 2. The summed E-state index contributed by atoms with van der Waals surface area (Å²) in [4.78, 5) is 12.0. The Balaban J connectivity index is 1.45. The van der Waals surface area contributed by atoms with Crippen LogP contribution in [0.2, 0.25) is 0 Å². The second-order valence-electron chi connectivity index (χ2n) is 6.51. The minimum absolute atomic E-state index is 0.0225. The fourth-order valence-corrected chi connectivity index (χ4v) is 2.84. The molecule has 8 heteroatoms. The standard InChI is InChI=1S/C21H20F3N3O2/c22-21(23,24)17-9-5-4-8-16(17)14-25-18(28)11-13-20-27-26-19(29-20)12-10-15-6-2-1-3-7-15/h1-9H,10-14H2,(H,25,28). The van der Waals surface area contributed by atoms with E-state index in [1.165, 1.54) is 18.2 Å². The summed E-state index contributed by atoms with van der Waals surface area (Å²) in [5.41, 5.74) is 0.431. The van der Waals surface area contributed by atoms with Gasteiger partial charge in [0.25, 0.3) is 0 Å². The van der Waals surface area contributed by atoms with E-state index >= 15 is 0 Å². The van der Waals surface area contributed by atoms with Gasteiger partial charge in [-0.2, -0.15) is 13.2 Å². The second-order valence-corrected chi connectivity index (χ2v) is 6.51. The van der Waals surface area contributed by atoms with Crippen LogP contribution in [0.15, 0.2) is 59.0 Å². The van der Waals surface area contributed by atoms with Crippen molar-refractivity contribution in [3.05, 3.63) is 83.1 Å². The predicted molar refractivity (Wildman–Crippen MR) is 99.8 cm³/mol. The number of nitrogens with zero attached hydrogens (tertiary/aromatic N) is 2. The molecule has 0 aliphatic carbocycles. The second kappa shape index (κ2) is 9.36. The van der Waals surface area contributed by atoms with Crippen LogP contribution in [0.3, 0.4) is 0 Å². The molecule has 0 aliphatic heterocycles. The zero-order chi connectivity index (χ0) is 20.7. The molecule has 0 aliphatic rings. The highest BCUT2D eigenvalue weighted by Gasteiger charge is 2.32. The number of rotatable bonds is 8. The van der Waals surface area contributed by atoms with Crippen molar-refractivity contribution in [2.24, 2.45) is 0 Å². The fraction of sp³-hybridized carbons (Fsp3) is 0.286. The van der Waals surface area contributed by atoms with Gasteiger partial charge in [0, 0.05) is 25.8 Å². The molecule has 1 heterocycles. The van der Waals surface area contributed by atoms with E-state index in [0.717, 1.165) is 18.1 Å². The van der Waals surface area contributed by atoms with E-state index in [0.29, 0.717) is 18.2 Å². The van der Waals surface area contributed by atoms with Crippen molar-refractivity contribution in [3.8, 4) is 0 Å². The van der Waals surface area contributed by atoms with Crippen molar-refractivity contribution in [2.75, 3.05) is 0 Å². The molecule has 3 rings (SSSR count). The molecule has 0 unspecified atom stereocenters. The molecule has 0 saturated heterocycles. The first kappa shape index (κ1) is 20.6. The van der Waals surface area contributed by atoms with Gasteiger partial charge in [-0.1, -0.05) is 48.5 Å². The third-order valence-corrected chi connectivity index (χ3v) is 4.34. The Morgan fingerprint density at radius 3 is 2.28 bits per heavy atom. The maximum atomic E-state index is 13.0. The monoisotopic (exact) mass is 403 g/mol. The number of benzene rings is 2. The molecule has 1 aromatic heterocycles. The lowest BCUT2D eigenvalue weighted by Crippen LogP contribution is -2.24. The van der Waals surface area contributed by atoms with Crippen molar-refractivity contribution in [1.29, 1.82) is 0 Å². The van der Waals surface area contributed by atoms with Gasteiger partial charge in [0.2, 0.25) is 17.7 Å². The van der Waals surface area contributed by atoms with Gasteiger partial charge in [-0.15, -0.1) is 10.2 Å². The van der Waals surface area contributed by atoms with Gasteiger partial charge >= 0.3 is 6.18 Å². The lowest BCUT2D eigenvalue weighted by atomic mass is 10.1. The molecule has 0 saturated carbocycles. The normalized spacial score (nSPS) is 11.4. The zero-order valence-corrected chi connectivity index (χ0v) is 15.6. The van der Waals surface area contributed by atoms with Crippen molar-refractivity contribution < 1.29 is 22.4 Å². The first-order valence-corrected chi connectivity index (χ1v) is 9.19. The lowest BCUT2D eigenvalue weighted by Gasteiger charge is -2.13. The summed E-state index contributed by atoms with van der Waals surface area (Å²) < 4.78 is 44.5. The summed E-state index contributed by atoms with van der Waals surface area (Å²) >= 11 is 0. The first-order chi connectivity index (χ1) is 13.9. The molecular formula is C21H20F3N3O2. The van der Waals surface area contributed by atoms with E-state index < -0.39 is 11.7 Å². The van der Waals surface area contributed by atoms with Crippen LogP contribution in [-0.2, 0) is 36.8 Å². The molecular weight excluding hydrogens is 383 g/mol. The molecule has 0 bridgehead atoms. The van der Waals surface area contributed by atoms with Crippen molar-refractivity contribution >= 4 is 5.91 Å². The Morgan fingerprint density at radius 1 is 0.897 bits per heavy atom. The van der Waals surface area contributed by atoms with Crippen LogP contribution in [0, 0.1) is 0 Å². The van der Waals surface area contributed by atoms with E-state index in [1.807, 2.05) is 30.3 Å². The van der Waals surface area contributed by atoms with Gasteiger partial charge in [-0.05, 0) is 23.6 Å². The minimum Gasteiger partial charge on any atom is -0.425 e. The summed E-state index contributed by atoms with van der Waals surface area (Å²) in [7, 11) is 0. The smallest absolute Gasteiger partial charge is 0.416 e. The summed E-state index contributed by atoms with van der Waals surface area (Å²) in [6, 6.07) is 15.1. The molecule has 0 atom stereocenters. The molecule has 2 aromatic carbocycles. The number of carbonyl (C=O) groups is 1. The maximum absolute atomic E-state index is 13.0. The van der Waals surface area contributed by atoms with Crippen LogP contribution in [0.25, 0.3) is 0 Å². The molecule has 152 valence electrons. The first-order valence-electron chi connectivity index (χ1n) is 9.19. The molecule has 3 aromatic rings. The number of hydrogen-bond acceptors (Lipinski definition) is 4. The number of carbonyl (C=O) groups excluding carboxylic acids is 1. The SMILES string of the molecule is O=C(CCc1nnc(CCc2ccccc2)o1)NCc1ccccc1C(F)(F)F. The average molecular weight is 403 g/mol. The Kier molecular flexibility index (Phi) is 6.64. The van der Waals surface area contributed by atoms with Crippen LogP contribution in [0.1, 0.15) is 34.9 Å². The van der Waals surface area contributed by atoms with Gasteiger partial charge in [-0.3, -0.25) is 4.79 Å². The quantitative estimate of drug-likeness (QED) is 0.614. The van der Waals surface area contributed by atoms with Crippen LogP contribution in [-0.4, -0.2) is 16.1 Å². The number of aryl methyl sites for hydroxylation is 3. The van der Waals surface area contributed by atoms with E-state index in [2.05, 4.69) is 15.5 Å². The van der Waals surface area contributed by atoms with Crippen molar-refractivity contribution in [2.45, 2.75) is 38.4 Å². The highest BCUT2D eigenvalue weighted by Crippen LogP contribution is 2.31. The molecule has 0 radical (unpaired) electrons. The van der Waals surface area contributed by atoms with Gasteiger partial charge < -0.3 is 9.73 Å².